The van der Waals surface area contributed by atoms with Crippen molar-refractivity contribution in [1.29, 1.82) is 0 Å². The first-order valence-electron chi connectivity index (χ1n) is 23.3. The topological polar surface area (TPSA) is 359 Å². The quantitative estimate of drug-likeness (QED) is 0.0300. The van der Waals surface area contributed by atoms with E-state index >= 15 is 0 Å². The zero-order valence-electron chi connectivity index (χ0n) is 40.3. The Balaban J connectivity index is 1.94. The number of nitrogens with zero attached hydrogens (tertiary/aromatic N) is 1. The number of ether oxygens (including phenoxy) is 1. The van der Waals surface area contributed by atoms with Crippen LogP contribution in [0.15, 0.2) is 0 Å². The van der Waals surface area contributed by atoms with Crippen LogP contribution in [-0.4, -0.2) is 179 Å². The van der Waals surface area contributed by atoms with E-state index in [0.29, 0.717) is 39.0 Å². The molecule has 25 nitrogen and oxygen atoms in total. The van der Waals surface area contributed by atoms with Crippen molar-refractivity contribution in [2.24, 2.45) is 17.6 Å². The van der Waals surface area contributed by atoms with Gasteiger partial charge in [0.1, 0.15) is 30.2 Å². The van der Waals surface area contributed by atoms with E-state index in [9.17, 15) is 52.7 Å². The van der Waals surface area contributed by atoms with E-state index in [-0.39, 0.29) is 69.7 Å². The van der Waals surface area contributed by atoms with Gasteiger partial charge in [0.05, 0.1) is 45.4 Å². The fourth-order valence-corrected chi connectivity index (χ4v) is 7.26. The van der Waals surface area contributed by atoms with Crippen LogP contribution in [0.1, 0.15) is 86.0 Å². The van der Waals surface area contributed by atoms with Crippen molar-refractivity contribution >= 4 is 65.0 Å². The molecule has 0 aromatic rings. The van der Waals surface area contributed by atoms with Crippen LogP contribution < -0.4 is 64.2 Å². The van der Waals surface area contributed by atoms with Crippen LogP contribution in [0.5, 0.6) is 0 Å². The van der Waals surface area contributed by atoms with Crippen LogP contribution in [0.4, 0.5) is 0 Å². The molecule has 2 saturated heterocycles. The van der Waals surface area contributed by atoms with E-state index in [4.69, 9.17) is 10.5 Å². The summed E-state index contributed by atoms with van der Waals surface area (Å²) in [5.41, 5.74) is 5.35. The van der Waals surface area contributed by atoms with Gasteiger partial charge in [-0.25, -0.2) is 0 Å². The van der Waals surface area contributed by atoms with Crippen molar-refractivity contribution in [3.8, 4) is 0 Å². The summed E-state index contributed by atoms with van der Waals surface area (Å²) < 4.78 is 5.19. The summed E-state index contributed by atoms with van der Waals surface area (Å²) in [7, 11) is 1.42. The van der Waals surface area contributed by atoms with Crippen molar-refractivity contribution in [2.75, 3.05) is 72.6 Å². The van der Waals surface area contributed by atoms with Gasteiger partial charge in [0.25, 0.3) is 0 Å². The lowest BCUT2D eigenvalue weighted by molar-refractivity contribution is -0.139. The van der Waals surface area contributed by atoms with Crippen LogP contribution in [-0.2, 0) is 57.5 Å². The molecule has 0 spiro atoms. The third-order valence-electron chi connectivity index (χ3n) is 10.8. The highest BCUT2D eigenvalue weighted by molar-refractivity contribution is 5.97. The summed E-state index contributed by atoms with van der Waals surface area (Å²) in [6.45, 7) is 8.98. The van der Waals surface area contributed by atoms with Gasteiger partial charge < -0.3 is 73.9 Å². The lowest BCUT2D eigenvalue weighted by atomic mass is 10.0. The van der Waals surface area contributed by atoms with E-state index in [0.717, 1.165) is 6.42 Å². The molecular formula is C43H75N13O12. The molecule has 0 bridgehead atoms. The predicted octanol–water partition coefficient (Wildman–Crippen LogP) is -5.14. The van der Waals surface area contributed by atoms with Crippen LogP contribution in [0.25, 0.3) is 0 Å². The van der Waals surface area contributed by atoms with Crippen molar-refractivity contribution < 1.29 is 57.5 Å². The van der Waals surface area contributed by atoms with Crippen molar-refractivity contribution in [2.45, 2.75) is 122 Å². The third-order valence-corrected chi connectivity index (χ3v) is 10.8. The second-order valence-corrected chi connectivity index (χ2v) is 17.5. The molecule has 2 aliphatic heterocycles. The van der Waals surface area contributed by atoms with Gasteiger partial charge in [-0.2, -0.15) is 0 Å². The molecule has 0 unspecified atom stereocenters. The first-order chi connectivity index (χ1) is 32.2. The zero-order valence-corrected chi connectivity index (χ0v) is 40.3. The molecule has 384 valence electrons. The van der Waals surface area contributed by atoms with Crippen LogP contribution in [0.2, 0.25) is 0 Å². The number of amides is 11. The number of hydrogen-bond donors (Lipinski definition) is 12. The number of hydrogen-bond acceptors (Lipinski definition) is 14. The Morgan fingerprint density at radius 1 is 0.618 bits per heavy atom. The maximum atomic E-state index is 13.5. The standard InChI is InChI=1S/C43H75N13O12/c1-25(2)19-30(55-41(65)29(11-12-33(57)45-6)53-35(59)22-48-39(63)28-9-7-14-46-28)40(64)49-23-36(60)54-31(20-26(3)4)42(66)52-27(5)38(62)51-24-37(61)56-16-8-10-32(56)43(67)50-21-34(58)47-15-18-68-17-13-44/h25-32,46H,7-24,44H2,1-6H3,(H,45,57)(H,47,58)(H,48,63)(H,49,64)(H,50,67)(H,51,62)(H,52,66)(H,53,59)(H,54,60)(H,55,65)/t27-,28-,29-,30-,31-,32-/m0/s1. The number of likely N-dealkylation sites (tertiary alicyclic amines) is 1. The lowest BCUT2D eigenvalue weighted by Gasteiger charge is -2.25. The highest BCUT2D eigenvalue weighted by Crippen LogP contribution is 2.17. The Labute approximate surface area is 397 Å². The molecule has 11 amide bonds. The third kappa shape index (κ3) is 22.2. The fraction of sp³-hybridized carbons (Fsp3) is 0.744. The van der Waals surface area contributed by atoms with Crippen molar-refractivity contribution in [3.05, 3.63) is 0 Å². The molecule has 0 aromatic carbocycles. The highest BCUT2D eigenvalue weighted by Gasteiger charge is 2.35. The molecule has 2 aliphatic rings. The van der Waals surface area contributed by atoms with Crippen molar-refractivity contribution in [3.63, 3.8) is 0 Å². The van der Waals surface area contributed by atoms with Gasteiger partial charge in [-0.3, -0.25) is 52.7 Å². The smallest absolute Gasteiger partial charge is 0.243 e. The van der Waals surface area contributed by atoms with Gasteiger partial charge >= 0.3 is 0 Å². The van der Waals surface area contributed by atoms with Crippen LogP contribution in [0, 0.1) is 11.8 Å². The van der Waals surface area contributed by atoms with Crippen molar-refractivity contribution in [1.82, 2.24) is 63.4 Å². The first kappa shape index (κ1) is 58.2. The number of nitrogens with two attached hydrogens (primary N) is 1. The summed E-state index contributed by atoms with van der Waals surface area (Å²) >= 11 is 0. The molecule has 2 heterocycles. The normalized spacial score (nSPS) is 17.2. The van der Waals surface area contributed by atoms with Crippen LogP contribution in [0.3, 0.4) is 0 Å². The lowest BCUT2D eigenvalue weighted by Crippen LogP contribution is -2.57. The largest absolute Gasteiger partial charge is 0.378 e. The van der Waals surface area contributed by atoms with E-state index in [1.807, 2.05) is 13.8 Å². The van der Waals surface area contributed by atoms with Gasteiger partial charge in [-0.15, -0.1) is 0 Å². The SMILES string of the molecule is CNC(=O)CC[C@H](NC(=O)CNC(=O)[C@@H]1CCCN1)C(=O)N[C@@H](CC(C)C)C(=O)NCC(=O)N[C@@H](CC(C)C)C(=O)N[C@@H](C)C(=O)NCC(=O)N1CCC[C@H]1C(=O)NCC(=O)NCCOCCN. The Morgan fingerprint density at radius 3 is 1.82 bits per heavy atom. The average molecular weight is 966 g/mol. The monoisotopic (exact) mass is 966 g/mol. The second kappa shape index (κ2) is 31.2. The predicted molar refractivity (Wildman–Crippen MR) is 246 cm³/mol. The van der Waals surface area contributed by atoms with E-state index in [2.05, 4.69) is 58.5 Å². The minimum absolute atomic E-state index is 0.105. The van der Waals surface area contributed by atoms with Gasteiger partial charge in [-0.05, 0) is 70.3 Å². The Morgan fingerprint density at radius 2 is 1.21 bits per heavy atom. The minimum Gasteiger partial charge on any atom is -0.378 e. The highest BCUT2D eigenvalue weighted by atomic mass is 16.5. The molecule has 2 fully saturated rings. The molecule has 13 N–H and O–H groups in total. The molecule has 0 radical (unpaired) electrons. The minimum atomic E-state index is -1.26. The molecule has 6 atom stereocenters. The summed E-state index contributed by atoms with van der Waals surface area (Å²) in [6.07, 6.45) is 2.35. The average Bonchev–Trinajstić information content (AvgIpc) is 4.03. The van der Waals surface area contributed by atoms with E-state index < -0.39 is 115 Å². The number of rotatable bonds is 30. The van der Waals surface area contributed by atoms with Gasteiger partial charge in [0.15, 0.2) is 0 Å². The Hall–Kier alpha value is -5.95. The van der Waals surface area contributed by atoms with Crippen LogP contribution >= 0.6 is 0 Å². The molecule has 68 heavy (non-hydrogen) atoms. The second-order valence-electron chi connectivity index (χ2n) is 17.5. The molecule has 25 heteroatoms. The summed E-state index contributed by atoms with van der Waals surface area (Å²) in [5, 5.41) is 28.3. The Kier molecular flexibility index (Phi) is 26.7. The number of carbonyl (C=O) groups excluding carboxylic acids is 11. The van der Waals surface area contributed by atoms with E-state index in [1.54, 1.807) is 13.8 Å². The maximum absolute atomic E-state index is 13.5. The summed E-state index contributed by atoms with van der Waals surface area (Å²) in [4.78, 5) is 143. The molecule has 0 aliphatic carbocycles. The zero-order chi connectivity index (χ0) is 50.8. The molecule has 0 aromatic heterocycles. The fourth-order valence-electron chi connectivity index (χ4n) is 7.26. The summed E-state index contributed by atoms with van der Waals surface area (Å²) in [5.74, 6) is -6.83. The first-order valence-corrected chi connectivity index (χ1v) is 23.3. The van der Waals surface area contributed by atoms with Gasteiger partial charge in [0, 0.05) is 33.1 Å². The van der Waals surface area contributed by atoms with Gasteiger partial charge in [0.2, 0.25) is 65.0 Å². The number of carbonyl (C=O) groups is 11. The summed E-state index contributed by atoms with van der Waals surface area (Å²) in [6, 6.07) is -5.99. The molecular weight excluding hydrogens is 891 g/mol. The molecule has 2 rings (SSSR count). The maximum Gasteiger partial charge on any atom is 0.243 e. The van der Waals surface area contributed by atoms with Gasteiger partial charge in [-0.1, -0.05) is 27.7 Å². The van der Waals surface area contributed by atoms with E-state index in [1.165, 1.54) is 18.9 Å². The molecule has 0 saturated carbocycles. The Bertz CT molecular complexity index is 1740. The number of nitrogens with one attached hydrogen (secondary N) is 11.